The molecule has 1 fully saturated rings. The van der Waals surface area contributed by atoms with Crippen LogP contribution in [-0.2, 0) is 23.4 Å². The lowest BCUT2D eigenvalue weighted by Crippen LogP contribution is -2.47. The molecule has 3 heterocycles. The molecule has 2 aromatic carbocycles. The molecule has 260 valence electrons. The molecule has 1 saturated heterocycles. The van der Waals surface area contributed by atoms with E-state index in [0.717, 1.165) is 12.3 Å². The van der Waals surface area contributed by atoms with Gasteiger partial charge in [-0.3, -0.25) is 13.9 Å². The maximum absolute atomic E-state index is 16.6. The van der Waals surface area contributed by atoms with Crippen LogP contribution < -0.4 is 14.5 Å². The van der Waals surface area contributed by atoms with Crippen molar-refractivity contribution in [2.75, 3.05) is 32.2 Å². The number of rotatable bonds is 11. The highest BCUT2D eigenvalue weighted by molar-refractivity contribution is 7.52. The van der Waals surface area contributed by atoms with E-state index in [4.69, 9.17) is 18.5 Å². The lowest BCUT2D eigenvalue weighted by molar-refractivity contribution is -0.202. The number of anilines is 1. The van der Waals surface area contributed by atoms with Gasteiger partial charge in [0.15, 0.2) is 35.0 Å². The highest BCUT2D eigenvalue weighted by Gasteiger charge is 2.65. The summed E-state index contributed by atoms with van der Waals surface area (Å²) in [6.45, 7) is 8.41. The zero-order chi connectivity index (χ0) is 35.2. The van der Waals surface area contributed by atoms with E-state index >= 15 is 8.78 Å². The third kappa shape index (κ3) is 7.15. The quantitative estimate of drug-likeness (QED) is 0.153. The zero-order valence-corrected chi connectivity index (χ0v) is 29.0. The van der Waals surface area contributed by atoms with Crippen LogP contribution in [0.4, 0.5) is 14.6 Å². The van der Waals surface area contributed by atoms with E-state index in [2.05, 4.69) is 20.0 Å². The summed E-state index contributed by atoms with van der Waals surface area (Å²) in [5, 5.41) is 14.8. The first-order valence-corrected chi connectivity index (χ1v) is 16.9. The van der Waals surface area contributed by atoms with Gasteiger partial charge in [-0.15, -0.1) is 0 Å². The number of halogens is 2. The number of carbonyl (C=O) groups is 1. The molecule has 0 amide bonds. The molecule has 0 radical (unpaired) electrons. The number of nitrogens with zero attached hydrogens (tertiary/aromatic N) is 5. The molecule has 2 aromatic heterocycles. The first-order chi connectivity index (χ1) is 22.3. The van der Waals surface area contributed by atoms with Crippen LogP contribution in [-0.4, -0.2) is 81.6 Å². The van der Waals surface area contributed by atoms with Crippen LogP contribution in [0.1, 0.15) is 46.7 Å². The fraction of sp³-hybridized carbons (Fsp3) is 0.500. The largest absolute Gasteiger partial charge is 0.464 e. The second-order valence-corrected chi connectivity index (χ2v) is 15.2. The number of carbonyl (C=O) groups excluding carboxylic acids is 1. The van der Waals surface area contributed by atoms with Crippen LogP contribution in [0, 0.1) is 12.3 Å². The first-order valence-electron chi connectivity index (χ1n) is 15.3. The van der Waals surface area contributed by atoms with Crippen molar-refractivity contribution in [3.63, 3.8) is 0 Å². The Hall–Kier alpha value is -3.75. The minimum Gasteiger partial charge on any atom is -0.464 e. The number of benzene rings is 2. The van der Waals surface area contributed by atoms with Crippen molar-refractivity contribution in [3.05, 3.63) is 54.6 Å². The third-order valence-electron chi connectivity index (χ3n) is 7.68. The van der Waals surface area contributed by atoms with Crippen LogP contribution in [0.15, 0.2) is 48.8 Å². The number of imidazole rings is 1. The van der Waals surface area contributed by atoms with Gasteiger partial charge in [0.1, 0.15) is 24.2 Å². The Morgan fingerprint density at radius 2 is 1.88 bits per heavy atom. The molecular formula is C32H41F2N6O7P. The highest BCUT2D eigenvalue weighted by Crippen LogP contribution is 2.52. The van der Waals surface area contributed by atoms with E-state index in [1.807, 2.05) is 39.0 Å². The Labute approximate surface area is 277 Å². The maximum atomic E-state index is 16.6. The molecule has 16 heteroatoms. The monoisotopic (exact) mass is 690 g/mol. The molecule has 4 aromatic rings. The maximum Gasteiger partial charge on any atom is 0.459 e. The van der Waals surface area contributed by atoms with Crippen molar-refractivity contribution in [3.8, 4) is 5.75 Å². The van der Waals surface area contributed by atoms with Crippen molar-refractivity contribution in [2.24, 2.45) is 5.41 Å². The summed E-state index contributed by atoms with van der Waals surface area (Å²) in [6.07, 6.45) is -2.98. The van der Waals surface area contributed by atoms with Gasteiger partial charge in [0.05, 0.1) is 12.9 Å². The number of aliphatic hydroxyl groups is 1. The number of nitrogens with one attached hydrogen (secondary N) is 1. The van der Waals surface area contributed by atoms with Gasteiger partial charge in [-0.2, -0.15) is 5.09 Å². The third-order valence-corrected chi connectivity index (χ3v) is 9.29. The van der Waals surface area contributed by atoms with E-state index < -0.39 is 50.2 Å². The van der Waals surface area contributed by atoms with Crippen molar-refractivity contribution in [1.82, 2.24) is 24.6 Å². The van der Waals surface area contributed by atoms with Crippen molar-refractivity contribution in [2.45, 2.75) is 71.4 Å². The average molecular weight is 691 g/mol. The van der Waals surface area contributed by atoms with Crippen LogP contribution in [0.2, 0.25) is 0 Å². The molecular weight excluding hydrogens is 649 g/mol. The van der Waals surface area contributed by atoms with Gasteiger partial charge in [-0.1, -0.05) is 57.2 Å². The van der Waals surface area contributed by atoms with E-state index in [-0.39, 0.29) is 23.4 Å². The lowest BCUT2D eigenvalue weighted by Gasteiger charge is -2.28. The molecule has 0 saturated carbocycles. The molecule has 48 heavy (non-hydrogen) atoms. The SMILES string of the molecule is Cc1nc(N(C)C)c2ncn([C@@H]3O[C@](F)(CO[P@](=O)(N[C@H](C)C(=O)OCC(C)(C)C)Oc4cccc5ccccc45)[C@@H](O)[C@@]3(C)F)c2n1. The van der Waals surface area contributed by atoms with Gasteiger partial charge >= 0.3 is 13.7 Å². The van der Waals surface area contributed by atoms with Crippen LogP contribution >= 0.6 is 7.75 Å². The summed E-state index contributed by atoms with van der Waals surface area (Å²) in [4.78, 5) is 27.6. The van der Waals surface area contributed by atoms with Gasteiger partial charge in [0.25, 0.3) is 5.85 Å². The highest BCUT2D eigenvalue weighted by atomic mass is 31.2. The van der Waals surface area contributed by atoms with Crippen molar-refractivity contribution < 1.29 is 41.8 Å². The van der Waals surface area contributed by atoms with Crippen LogP contribution in [0.3, 0.4) is 0 Å². The van der Waals surface area contributed by atoms with Gasteiger partial charge < -0.3 is 24.0 Å². The summed E-state index contributed by atoms with van der Waals surface area (Å²) in [7, 11) is -1.18. The van der Waals surface area contributed by atoms with Crippen molar-refractivity contribution >= 4 is 41.5 Å². The lowest BCUT2D eigenvalue weighted by atomic mass is 9.97. The molecule has 13 nitrogen and oxygen atoms in total. The molecule has 1 aliphatic heterocycles. The summed E-state index contributed by atoms with van der Waals surface area (Å²) in [5.41, 5.74) is -2.65. The Morgan fingerprint density at radius 1 is 1.19 bits per heavy atom. The number of hydrogen-bond acceptors (Lipinski definition) is 11. The smallest absolute Gasteiger partial charge is 0.459 e. The van der Waals surface area contributed by atoms with E-state index in [1.54, 1.807) is 44.1 Å². The fourth-order valence-electron chi connectivity index (χ4n) is 5.22. The Morgan fingerprint density at radius 3 is 2.56 bits per heavy atom. The summed E-state index contributed by atoms with van der Waals surface area (Å²) < 4.78 is 70.7. The molecule has 0 unspecified atom stereocenters. The zero-order valence-electron chi connectivity index (χ0n) is 28.1. The van der Waals surface area contributed by atoms with E-state index in [0.29, 0.717) is 22.5 Å². The van der Waals surface area contributed by atoms with Gasteiger partial charge in [-0.25, -0.2) is 28.3 Å². The first kappa shape index (κ1) is 35.6. The van der Waals surface area contributed by atoms with Crippen molar-refractivity contribution in [1.29, 1.82) is 0 Å². The second-order valence-electron chi connectivity index (χ2n) is 13.5. The number of aliphatic hydroxyl groups excluding tert-OH is 1. The summed E-state index contributed by atoms with van der Waals surface area (Å²) in [6, 6.07) is 10.8. The minimum absolute atomic E-state index is 0.0701. The number of alkyl halides is 2. The summed E-state index contributed by atoms with van der Waals surface area (Å²) in [5.74, 6) is -3.12. The Kier molecular flexibility index (Phi) is 9.58. The number of hydrogen-bond donors (Lipinski definition) is 2. The number of aryl methyl sites for hydroxylation is 1. The standard InChI is InChI=1S/C32H41F2N6O7P/c1-19(27(41)44-16-30(3,4)5)38-48(43,47-23-15-11-13-21-12-9-10-14-22(21)23)45-17-32(34)28(42)31(6,33)29(46-32)40-18-35-24-25(39(7)8)36-20(2)37-26(24)40/h9-15,18-19,28-29,42H,16-17H2,1-8H3,(H,38,43)/t19-,28+,29-,31-,32-,48-/m1/s1. The molecule has 6 atom stereocenters. The summed E-state index contributed by atoms with van der Waals surface area (Å²) >= 11 is 0. The number of aromatic nitrogens is 4. The predicted molar refractivity (Wildman–Crippen MR) is 175 cm³/mol. The number of fused-ring (bicyclic) bond motifs is 2. The topological polar surface area (TPSA) is 150 Å². The number of ether oxygens (including phenoxy) is 2. The minimum atomic E-state index is -4.68. The van der Waals surface area contributed by atoms with Crippen LogP contribution in [0.5, 0.6) is 5.75 Å². The predicted octanol–water partition coefficient (Wildman–Crippen LogP) is 5.41. The van der Waals surface area contributed by atoms with Gasteiger partial charge in [0.2, 0.25) is 0 Å². The van der Waals surface area contributed by atoms with Crippen LogP contribution in [0.25, 0.3) is 21.9 Å². The fourth-order valence-corrected chi connectivity index (χ4v) is 6.75. The molecule has 5 rings (SSSR count). The number of esters is 1. The van der Waals surface area contributed by atoms with E-state index in [1.165, 1.54) is 23.9 Å². The van der Waals surface area contributed by atoms with Gasteiger partial charge in [0, 0.05) is 19.5 Å². The molecule has 2 N–H and O–H groups in total. The molecule has 0 spiro atoms. The van der Waals surface area contributed by atoms with Gasteiger partial charge in [-0.05, 0) is 37.6 Å². The molecule has 1 aliphatic rings. The average Bonchev–Trinajstić information content (AvgIpc) is 3.50. The molecule has 0 aliphatic carbocycles. The normalized spacial score (nSPS) is 24.8. The second kappa shape index (κ2) is 12.9. The van der Waals surface area contributed by atoms with E-state index in [9.17, 15) is 14.5 Å². The Bertz CT molecular complexity index is 1860. The molecule has 0 bridgehead atoms. The Balaban J connectivity index is 1.45.